The molecular formula is C8H15F3N2O. The van der Waals surface area contributed by atoms with E-state index in [1.807, 2.05) is 6.92 Å². The van der Waals surface area contributed by atoms with Gasteiger partial charge < -0.3 is 10.6 Å². The van der Waals surface area contributed by atoms with Crippen LogP contribution in [0, 0.1) is 0 Å². The summed E-state index contributed by atoms with van der Waals surface area (Å²) in [5.74, 6) is -0.663. The number of amides is 1. The SMILES string of the molecule is CCC[C@@H](N)C(=O)N(C)CC(F)(F)F. The summed E-state index contributed by atoms with van der Waals surface area (Å²) < 4.78 is 35.6. The van der Waals surface area contributed by atoms with Crippen LogP contribution in [0.2, 0.25) is 0 Å². The van der Waals surface area contributed by atoms with Gasteiger partial charge in [-0.3, -0.25) is 4.79 Å². The number of halogens is 3. The molecule has 0 saturated heterocycles. The number of likely N-dealkylation sites (N-methyl/N-ethyl adjacent to an activating group) is 1. The van der Waals surface area contributed by atoms with Gasteiger partial charge in [-0.1, -0.05) is 13.3 Å². The van der Waals surface area contributed by atoms with Crippen molar-refractivity contribution in [2.24, 2.45) is 5.73 Å². The molecule has 6 heteroatoms. The number of carbonyl (C=O) groups excluding carboxylic acids is 1. The van der Waals surface area contributed by atoms with E-state index in [4.69, 9.17) is 5.73 Å². The van der Waals surface area contributed by atoms with E-state index in [0.29, 0.717) is 17.7 Å². The van der Waals surface area contributed by atoms with Crippen LogP contribution in [0.1, 0.15) is 19.8 Å². The first-order valence-electron chi connectivity index (χ1n) is 4.35. The summed E-state index contributed by atoms with van der Waals surface area (Å²) in [6.45, 7) is 0.570. The highest BCUT2D eigenvalue weighted by Crippen LogP contribution is 2.16. The Morgan fingerprint density at radius 2 is 2.00 bits per heavy atom. The Hall–Kier alpha value is -0.780. The molecule has 1 amide bonds. The molecule has 84 valence electrons. The first kappa shape index (κ1) is 13.2. The first-order valence-corrected chi connectivity index (χ1v) is 4.35. The van der Waals surface area contributed by atoms with Crippen LogP contribution in [0.5, 0.6) is 0 Å². The van der Waals surface area contributed by atoms with Crippen LogP contribution in [0.15, 0.2) is 0 Å². The fraction of sp³-hybridized carbons (Fsp3) is 0.875. The van der Waals surface area contributed by atoms with Crippen LogP contribution in [0.4, 0.5) is 13.2 Å². The van der Waals surface area contributed by atoms with Crippen LogP contribution in [0.3, 0.4) is 0 Å². The predicted molar refractivity (Wildman–Crippen MR) is 46.6 cm³/mol. The third-order valence-corrected chi connectivity index (χ3v) is 1.71. The molecule has 1 atom stereocenters. The minimum atomic E-state index is -4.36. The van der Waals surface area contributed by atoms with E-state index in [2.05, 4.69) is 0 Å². The van der Waals surface area contributed by atoms with Crippen molar-refractivity contribution in [1.82, 2.24) is 4.90 Å². The van der Waals surface area contributed by atoms with E-state index < -0.39 is 24.7 Å². The molecule has 2 N–H and O–H groups in total. The molecule has 0 spiro atoms. The zero-order valence-corrected chi connectivity index (χ0v) is 8.27. The maximum absolute atomic E-state index is 11.9. The van der Waals surface area contributed by atoms with Crippen molar-refractivity contribution in [3.05, 3.63) is 0 Å². The lowest BCUT2D eigenvalue weighted by molar-refractivity contribution is -0.159. The van der Waals surface area contributed by atoms with E-state index in [1.165, 1.54) is 0 Å². The molecule has 0 aromatic carbocycles. The average molecular weight is 212 g/mol. The van der Waals surface area contributed by atoms with Gasteiger partial charge in [-0.05, 0) is 6.42 Å². The highest BCUT2D eigenvalue weighted by Gasteiger charge is 2.32. The Kier molecular flexibility index (Phi) is 4.90. The second kappa shape index (κ2) is 5.19. The molecule has 0 bridgehead atoms. The van der Waals surface area contributed by atoms with E-state index in [0.717, 1.165) is 7.05 Å². The van der Waals surface area contributed by atoms with E-state index in [9.17, 15) is 18.0 Å². The van der Waals surface area contributed by atoms with Crippen molar-refractivity contribution in [2.75, 3.05) is 13.6 Å². The Morgan fingerprint density at radius 3 is 2.36 bits per heavy atom. The number of hydrogen-bond donors (Lipinski definition) is 1. The molecule has 0 aromatic rings. The molecule has 14 heavy (non-hydrogen) atoms. The molecule has 0 rings (SSSR count). The Balaban J connectivity index is 4.12. The van der Waals surface area contributed by atoms with Crippen molar-refractivity contribution < 1.29 is 18.0 Å². The minimum Gasteiger partial charge on any atom is -0.335 e. The van der Waals surface area contributed by atoms with Gasteiger partial charge in [-0.15, -0.1) is 0 Å². The predicted octanol–water partition coefficient (Wildman–Crippen LogP) is 1.13. The van der Waals surface area contributed by atoms with Gasteiger partial charge in [0, 0.05) is 7.05 Å². The maximum Gasteiger partial charge on any atom is 0.406 e. The molecule has 0 unspecified atom stereocenters. The van der Waals surface area contributed by atoms with Gasteiger partial charge in [0.05, 0.1) is 6.04 Å². The smallest absolute Gasteiger partial charge is 0.335 e. The monoisotopic (exact) mass is 212 g/mol. The summed E-state index contributed by atoms with van der Waals surface area (Å²) in [5.41, 5.74) is 5.39. The van der Waals surface area contributed by atoms with Gasteiger partial charge in [0.25, 0.3) is 0 Å². The molecule has 0 aliphatic rings. The number of rotatable bonds is 4. The first-order chi connectivity index (χ1) is 6.28. The van der Waals surface area contributed by atoms with Crippen LogP contribution >= 0.6 is 0 Å². The van der Waals surface area contributed by atoms with Gasteiger partial charge in [0.1, 0.15) is 6.54 Å². The highest BCUT2D eigenvalue weighted by molar-refractivity contribution is 5.81. The standard InChI is InChI=1S/C8H15F3N2O/c1-3-4-6(12)7(14)13(2)5-8(9,10)11/h6H,3-5,12H2,1-2H3/t6-/m1/s1. The number of nitrogens with zero attached hydrogens (tertiary/aromatic N) is 1. The number of nitrogens with two attached hydrogens (primary N) is 1. The van der Waals surface area contributed by atoms with Crippen molar-refractivity contribution >= 4 is 5.91 Å². The number of alkyl halides is 3. The number of carbonyl (C=O) groups is 1. The Morgan fingerprint density at radius 1 is 1.50 bits per heavy atom. The molecule has 0 aliphatic heterocycles. The van der Waals surface area contributed by atoms with Crippen LogP contribution in [-0.4, -0.2) is 36.6 Å². The van der Waals surface area contributed by atoms with Gasteiger partial charge in [0.15, 0.2) is 0 Å². The third kappa shape index (κ3) is 5.06. The number of hydrogen-bond acceptors (Lipinski definition) is 2. The topological polar surface area (TPSA) is 46.3 Å². The molecule has 0 fully saturated rings. The van der Waals surface area contributed by atoms with Crippen molar-refractivity contribution in [2.45, 2.75) is 32.0 Å². The summed E-state index contributed by atoms with van der Waals surface area (Å²) in [6, 6.07) is -0.827. The van der Waals surface area contributed by atoms with Gasteiger partial charge in [-0.2, -0.15) is 13.2 Å². The van der Waals surface area contributed by atoms with Crippen LogP contribution in [0.25, 0.3) is 0 Å². The quantitative estimate of drug-likeness (QED) is 0.759. The van der Waals surface area contributed by atoms with Gasteiger partial charge in [0.2, 0.25) is 5.91 Å². The van der Waals surface area contributed by atoms with E-state index >= 15 is 0 Å². The molecule has 0 aromatic heterocycles. The second-order valence-electron chi connectivity index (χ2n) is 3.20. The normalized spacial score (nSPS) is 13.9. The average Bonchev–Trinajstić information content (AvgIpc) is 2.00. The molecule has 0 radical (unpaired) electrons. The molecule has 3 nitrogen and oxygen atoms in total. The largest absolute Gasteiger partial charge is 0.406 e. The lowest BCUT2D eigenvalue weighted by Gasteiger charge is -2.22. The summed E-state index contributed by atoms with van der Waals surface area (Å²) in [7, 11) is 1.10. The second-order valence-corrected chi connectivity index (χ2v) is 3.20. The van der Waals surface area contributed by atoms with E-state index in [-0.39, 0.29) is 0 Å². The van der Waals surface area contributed by atoms with Gasteiger partial charge in [-0.25, -0.2) is 0 Å². The van der Waals surface area contributed by atoms with Crippen molar-refractivity contribution in [1.29, 1.82) is 0 Å². The molecule has 0 saturated carbocycles. The lowest BCUT2D eigenvalue weighted by atomic mass is 10.1. The minimum absolute atomic E-state index is 0.404. The third-order valence-electron chi connectivity index (χ3n) is 1.71. The van der Waals surface area contributed by atoms with Gasteiger partial charge >= 0.3 is 6.18 Å². The fourth-order valence-corrected chi connectivity index (χ4v) is 1.06. The van der Waals surface area contributed by atoms with Crippen LogP contribution < -0.4 is 5.73 Å². The van der Waals surface area contributed by atoms with Crippen LogP contribution in [-0.2, 0) is 4.79 Å². The zero-order chi connectivity index (χ0) is 11.4. The summed E-state index contributed by atoms with van der Waals surface area (Å²) in [5, 5.41) is 0. The summed E-state index contributed by atoms with van der Waals surface area (Å²) >= 11 is 0. The fourth-order valence-electron chi connectivity index (χ4n) is 1.06. The maximum atomic E-state index is 11.9. The van der Waals surface area contributed by atoms with Crippen molar-refractivity contribution in [3.8, 4) is 0 Å². The lowest BCUT2D eigenvalue weighted by Crippen LogP contribution is -2.45. The molecule has 0 aliphatic carbocycles. The summed E-state index contributed by atoms with van der Waals surface area (Å²) in [4.78, 5) is 11.8. The van der Waals surface area contributed by atoms with Crippen molar-refractivity contribution in [3.63, 3.8) is 0 Å². The summed E-state index contributed by atoms with van der Waals surface area (Å²) in [6.07, 6.45) is -3.29. The Bertz CT molecular complexity index is 194. The molecule has 0 heterocycles. The Labute approximate surface area is 81.1 Å². The zero-order valence-electron chi connectivity index (χ0n) is 8.27. The van der Waals surface area contributed by atoms with E-state index in [1.54, 1.807) is 0 Å². The highest BCUT2D eigenvalue weighted by atomic mass is 19.4. The molecular weight excluding hydrogens is 197 g/mol.